The Morgan fingerprint density at radius 2 is 1.48 bits per heavy atom. The van der Waals surface area contributed by atoms with Gasteiger partial charge in [-0.2, -0.15) is 5.01 Å². The molecule has 4 aliphatic rings. The first-order valence-corrected chi connectivity index (χ1v) is 21.0. The van der Waals surface area contributed by atoms with Gasteiger partial charge in [-0.05, 0) is 95.8 Å². The highest BCUT2D eigenvalue weighted by Crippen LogP contribution is 2.65. The second-order valence-electron chi connectivity index (χ2n) is 16.2. The molecule has 0 radical (unpaired) electrons. The van der Waals surface area contributed by atoms with E-state index >= 15 is 9.59 Å². The number of carbonyl (C=O) groups excluding carboxylic acids is 5. The number of methoxy groups -OCH3 is 1. The van der Waals surface area contributed by atoms with Crippen molar-refractivity contribution in [3.8, 4) is 11.5 Å². The van der Waals surface area contributed by atoms with E-state index in [2.05, 4.69) is 5.43 Å². The predicted octanol–water partition coefficient (Wildman–Crippen LogP) is 9.28. The lowest BCUT2D eigenvalue weighted by molar-refractivity contribution is -0.138. The number of phenols is 1. The number of imide groups is 2. The summed E-state index contributed by atoms with van der Waals surface area (Å²) in [5.41, 5.74) is 4.48. The molecule has 3 fully saturated rings. The topological polar surface area (TPSA) is 133 Å². The summed E-state index contributed by atoms with van der Waals surface area (Å²) in [6.07, 6.45) is 2.16. The minimum atomic E-state index is -1.67. The Kier molecular flexibility index (Phi) is 9.53. The number of anilines is 2. The van der Waals surface area contributed by atoms with Crippen LogP contribution >= 0.6 is 23.2 Å². The highest BCUT2D eigenvalue weighted by Gasteiger charge is 2.71. The van der Waals surface area contributed by atoms with Crippen LogP contribution in [0.5, 0.6) is 11.5 Å². The number of ether oxygens (including phenoxy) is 1. The molecule has 0 bridgehead atoms. The highest BCUT2D eigenvalue weighted by molar-refractivity contribution is 6.36. The minimum Gasteiger partial charge on any atom is -0.508 e. The van der Waals surface area contributed by atoms with Crippen molar-refractivity contribution in [2.75, 3.05) is 17.4 Å². The van der Waals surface area contributed by atoms with Crippen LogP contribution < -0.4 is 15.1 Å². The number of ketones is 1. The molecule has 2 aliphatic carbocycles. The molecule has 2 N–H and O–H groups in total. The Morgan fingerprint density at radius 3 is 2.21 bits per heavy atom. The largest absolute Gasteiger partial charge is 0.508 e. The number of hydrazine groups is 1. The van der Waals surface area contributed by atoms with Crippen LogP contribution in [0.4, 0.5) is 11.4 Å². The molecule has 6 aromatic carbocycles. The molecule has 4 amide bonds. The average Bonchev–Trinajstić information content (AvgIpc) is 3.68. The molecule has 62 heavy (non-hydrogen) atoms. The monoisotopic (exact) mass is 861 g/mol. The third-order valence-corrected chi connectivity index (χ3v) is 13.8. The van der Waals surface area contributed by atoms with Crippen LogP contribution in [0.25, 0.3) is 10.8 Å². The summed E-state index contributed by atoms with van der Waals surface area (Å²) in [5.74, 6) is -6.13. The van der Waals surface area contributed by atoms with Crippen LogP contribution in [-0.2, 0) is 24.6 Å². The molecule has 2 heterocycles. The van der Waals surface area contributed by atoms with Gasteiger partial charge < -0.3 is 9.84 Å². The molecule has 6 aromatic rings. The number of nitrogens with zero attached hydrogens (tertiary/aromatic N) is 2. The normalized spacial score (nSPS) is 24.1. The molecule has 308 valence electrons. The molecule has 0 spiro atoms. The van der Waals surface area contributed by atoms with E-state index in [1.807, 2.05) is 36.4 Å². The fourth-order valence-corrected chi connectivity index (χ4v) is 11.0. The maximum atomic E-state index is 15.7. The number of amides is 4. The van der Waals surface area contributed by atoms with Crippen molar-refractivity contribution in [1.29, 1.82) is 0 Å². The van der Waals surface area contributed by atoms with Crippen molar-refractivity contribution in [1.82, 2.24) is 5.01 Å². The quantitative estimate of drug-likeness (QED) is 0.0880. The number of allylic oxidation sites excluding steroid dienone is 2. The molecule has 2 aliphatic heterocycles. The SMILES string of the molecule is COc1ccc([C@@]23C(=O)N(Nc4ccc(Cl)cc4Cl)C(=O)[C@@H]2C[C@@H]2C(=CC[C@@H]4C(=O)N(c5ccc(C(=O)c6ccccc6)cc5)C(=O)[C@@H]42)[C@@H]3c2c(O)ccc3ccccc23)cc1. The molecule has 10 rings (SSSR count). The maximum absolute atomic E-state index is 15.7. The first-order chi connectivity index (χ1) is 30.0. The Hall–Kier alpha value is -6.75. The second kappa shape index (κ2) is 15.0. The van der Waals surface area contributed by atoms with Crippen molar-refractivity contribution in [2.24, 2.45) is 23.7 Å². The standard InChI is InChI=1S/C50H37Cl2N3O7/c1-62-33-19-14-30(15-20-33)50-38(47(59)55(49(50)61)53-40-23-16-31(51)25-39(40)52)26-37-35(44(50)43-34-10-6-5-7-27(34)13-24-41(43)56)21-22-36-42(37)48(60)54(46(36)58)32-17-11-29(12-18-32)45(57)28-8-3-2-4-9-28/h2-21,23-25,36-38,42,44,53,56H,22,26H2,1H3/t36-,37+,38-,42-,44+,50+/m0/s1. The minimum absolute atomic E-state index is 0.0372. The Labute approximate surface area is 366 Å². The zero-order valence-electron chi connectivity index (χ0n) is 33.1. The van der Waals surface area contributed by atoms with Gasteiger partial charge in [-0.3, -0.25) is 34.3 Å². The summed E-state index contributed by atoms with van der Waals surface area (Å²) in [7, 11) is 1.54. The lowest BCUT2D eigenvalue weighted by Crippen LogP contribution is -2.53. The second-order valence-corrected chi connectivity index (χ2v) is 17.0. The number of fused-ring (bicyclic) bond motifs is 5. The fraction of sp³-hybridized carbons (Fsp3) is 0.180. The molecular formula is C50H37Cl2N3O7. The van der Waals surface area contributed by atoms with E-state index in [4.69, 9.17) is 27.9 Å². The van der Waals surface area contributed by atoms with Gasteiger partial charge >= 0.3 is 0 Å². The van der Waals surface area contributed by atoms with Crippen molar-refractivity contribution in [2.45, 2.75) is 24.2 Å². The number of phenolic OH excluding ortho intramolecular Hbond substituents is 1. The number of nitrogens with one attached hydrogen (secondary N) is 1. The number of rotatable bonds is 8. The summed E-state index contributed by atoms with van der Waals surface area (Å²) < 4.78 is 5.52. The summed E-state index contributed by atoms with van der Waals surface area (Å²) in [4.78, 5) is 74.8. The number of hydrogen-bond acceptors (Lipinski definition) is 8. The van der Waals surface area contributed by atoms with Gasteiger partial charge in [-0.1, -0.05) is 108 Å². The Morgan fingerprint density at radius 1 is 0.774 bits per heavy atom. The highest BCUT2D eigenvalue weighted by atomic mass is 35.5. The van der Waals surface area contributed by atoms with Crippen molar-refractivity contribution >= 4 is 74.8 Å². The average molecular weight is 863 g/mol. The van der Waals surface area contributed by atoms with Gasteiger partial charge in [0.15, 0.2) is 5.78 Å². The van der Waals surface area contributed by atoms with Crippen LogP contribution in [0.3, 0.4) is 0 Å². The summed E-state index contributed by atoms with van der Waals surface area (Å²) in [6.45, 7) is 0. The predicted molar refractivity (Wildman–Crippen MR) is 235 cm³/mol. The van der Waals surface area contributed by atoms with E-state index in [0.717, 1.165) is 10.4 Å². The Balaban J connectivity index is 1.13. The number of aromatic hydroxyl groups is 1. The van der Waals surface area contributed by atoms with Crippen molar-refractivity contribution < 1.29 is 33.8 Å². The van der Waals surface area contributed by atoms with Gasteiger partial charge in [-0.25, -0.2) is 0 Å². The van der Waals surface area contributed by atoms with Crippen LogP contribution in [0.1, 0.15) is 45.8 Å². The van der Waals surface area contributed by atoms with Crippen LogP contribution in [-0.4, -0.2) is 46.6 Å². The van der Waals surface area contributed by atoms with Gasteiger partial charge in [-0.15, -0.1) is 0 Å². The van der Waals surface area contributed by atoms with E-state index in [-0.39, 0.29) is 41.0 Å². The van der Waals surface area contributed by atoms with E-state index in [1.54, 1.807) is 97.1 Å². The molecule has 0 unspecified atom stereocenters. The number of carbonyl (C=O) groups is 5. The van der Waals surface area contributed by atoms with Crippen LogP contribution in [0.15, 0.2) is 145 Å². The lowest BCUT2D eigenvalue weighted by atomic mass is 9.48. The fourth-order valence-electron chi connectivity index (χ4n) is 10.5. The van der Waals surface area contributed by atoms with Gasteiger partial charge in [0.2, 0.25) is 11.8 Å². The van der Waals surface area contributed by atoms with E-state index in [0.29, 0.717) is 49.7 Å². The molecule has 6 atom stereocenters. The van der Waals surface area contributed by atoms with Gasteiger partial charge in [0.1, 0.15) is 11.5 Å². The van der Waals surface area contributed by atoms with E-state index in [1.165, 1.54) is 18.1 Å². The zero-order valence-corrected chi connectivity index (χ0v) is 34.6. The summed E-state index contributed by atoms with van der Waals surface area (Å²) in [5, 5.41) is 15.1. The summed E-state index contributed by atoms with van der Waals surface area (Å²) >= 11 is 12.8. The number of halogens is 2. The summed E-state index contributed by atoms with van der Waals surface area (Å²) in [6, 6.07) is 37.9. The van der Waals surface area contributed by atoms with Gasteiger partial charge in [0.05, 0.1) is 46.7 Å². The number of hydrogen-bond donors (Lipinski definition) is 2. The van der Waals surface area contributed by atoms with Gasteiger partial charge in [0.25, 0.3) is 11.8 Å². The number of benzene rings is 6. The van der Waals surface area contributed by atoms with E-state index < -0.39 is 52.7 Å². The smallest absolute Gasteiger partial charge is 0.260 e. The van der Waals surface area contributed by atoms with Crippen molar-refractivity contribution in [3.63, 3.8) is 0 Å². The first-order valence-electron chi connectivity index (χ1n) is 20.3. The molecule has 10 nitrogen and oxygen atoms in total. The zero-order chi connectivity index (χ0) is 43.0. The first kappa shape index (κ1) is 39.4. The molecular weight excluding hydrogens is 825 g/mol. The lowest BCUT2D eigenvalue weighted by Gasteiger charge is -2.51. The third-order valence-electron chi connectivity index (χ3n) is 13.2. The molecule has 12 heteroatoms. The third kappa shape index (κ3) is 5.88. The van der Waals surface area contributed by atoms with Crippen LogP contribution in [0.2, 0.25) is 10.0 Å². The molecule has 0 aromatic heterocycles. The maximum Gasteiger partial charge on any atom is 0.260 e. The molecule has 1 saturated carbocycles. The van der Waals surface area contributed by atoms with Crippen LogP contribution in [0, 0.1) is 23.7 Å². The molecule has 2 saturated heterocycles. The van der Waals surface area contributed by atoms with Crippen molar-refractivity contribution in [3.05, 3.63) is 177 Å². The van der Waals surface area contributed by atoms with E-state index in [9.17, 15) is 19.5 Å². The van der Waals surface area contributed by atoms with Gasteiger partial charge in [0, 0.05) is 27.6 Å². The Bertz CT molecular complexity index is 2900.